The van der Waals surface area contributed by atoms with Gasteiger partial charge in [0.1, 0.15) is 0 Å². The van der Waals surface area contributed by atoms with Crippen LogP contribution < -0.4 is 10.2 Å². The summed E-state index contributed by atoms with van der Waals surface area (Å²) in [6, 6.07) is 4.68. The lowest BCUT2D eigenvalue weighted by atomic mass is 10.2. The van der Waals surface area contributed by atoms with Crippen molar-refractivity contribution in [3.8, 4) is 11.5 Å². The predicted molar refractivity (Wildman–Crippen MR) is 85.1 cm³/mol. The van der Waals surface area contributed by atoms with Gasteiger partial charge in [-0.05, 0) is 23.8 Å². The Balaban J connectivity index is 2.16. The number of nitrogens with zero attached hydrogens (tertiary/aromatic N) is 2. The number of methoxy groups -OCH3 is 1. The fourth-order valence-electron chi connectivity index (χ4n) is 1.49. The van der Waals surface area contributed by atoms with Gasteiger partial charge in [-0.3, -0.25) is 5.43 Å². The highest BCUT2D eigenvalue weighted by molar-refractivity contribution is 6.36. The van der Waals surface area contributed by atoms with Crippen molar-refractivity contribution in [2.75, 3.05) is 12.5 Å². The first-order valence-corrected chi connectivity index (χ1v) is 6.81. The number of aromatic hydroxyl groups is 1. The van der Waals surface area contributed by atoms with Crippen LogP contribution in [0.1, 0.15) is 5.56 Å². The number of phenolic OH excluding ortho intramolecular Hbond substituents is 1. The second kappa shape index (κ2) is 6.85. The van der Waals surface area contributed by atoms with Gasteiger partial charge in [0.25, 0.3) is 0 Å². The number of rotatable bonds is 4. The molecule has 1 aromatic carbocycles. The average molecular weight is 347 g/mol. The van der Waals surface area contributed by atoms with Crippen molar-refractivity contribution in [3.63, 3.8) is 0 Å². The minimum absolute atomic E-state index is 0.119. The highest BCUT2D eigenvalue weighted by Crippen LogP contribution is 2.34. The van der Waals surface area contributed by atoms with Crippen molar-refractivity contribution in [1.82, 2.24) is 4.98 Å². The number of benzene rings is 1. The molecule has 8 heteroatoms. The summed E-state index contributed by atoms with van der Waals surface area (Å²) in [5, 5.41) is 14.6. The van der Waals surface area contributed by atoms with E-state index in [0.717, 1.165) is 0 Å². The van der Waals surface area contributed by atoms with Crippen LogP contribution in [0.4, 0.5) is 5.82 Å². The van der Waals surface area contributed by atoms with Crippen LogP contribution in [0.5, 0.6) is 11.5 Å². The zero-order chi connectivity index (χ0) is 15.4. The molecule has 2 rings (SSSR count). The molecule has 1 aromatic heterocycles. The van der Waals surface area contributed by atoms with Gasteiger partial charge in [0, 0.05) is 6.20 Å². The van der Waals surface area contributed by atoms with Crippen LogP contribution in [0.15, 0.2) is 29.5 Å². The summed E-state index contributed by atoms with van der Waals surface area (Å²) < 4.78 is 5.00. The summed E-state index contributed by atoms with van der Waals surface area (Å²) in [6.45, 7) is 0. The molecule has 2 N–H and O–H groups in total. The van der Waals surface area contributed by atoms with E-state index in [4.69, 9.17) is 39.5 Å². The van der Waals surface area contributed by atoms with Crippen molar-refractivity contribution in [2.45, 2.75) is 0 Å². The molecule has 1 heterocycles. The predicted octanol–water partition coefficient (Wildman–Crippen LogP) is 4.20. The summed E-state index contributed by atoms with van der Waals surface area (Å²) in [7, 11) is 1.43. The van der Waals surface area contributed by atoms with Gasteiger partial charge in [-0.2, -0.15) is 5.10 Å². The fraction of sp³-hybridized carbons (Fsp3) is 0.0769. The van der Waals surface area contributed by atoms with Gasteiger partial charge in [0.15, 0.2) is 17.3 Å². The first-order valence-electron chi connectivity index (χ1n) is 5.68. The normalized spacial score (nSPS) is 10.9. The van der Waals surface area contributed by atoms with E-state index in [0.29, 0.717) is 21.4 Å². The minimum Gasteiger partial charge on any atom is -0.503 e. The molecule has 2 aromatic rings. The Morgan fingerprint density at radius 3 is 2.67 bits per heavy atom. The van der Waals surface area contributed by atoms with Gasteiger partial charge < -0.3 is 9.84 Å². The summed E-state index contributed by atoms with van der Waals surface area (Å²) in [6.07, 6.45) is 2.94. The van der Waals surface area contributed by atoms with Crippen LogP contribution in [-0.2, 0) is 0 Å². The Morgan fingerprint density at radius 2 is 2.00 bits per heavy atom. The molecule has 0 spiro atoms. The Hall–Kier alpha value is -1.69. The number of halogens is 3. The molecule has 5 nitrogen and oxygen atoms in total. The van der Waals surface area contributed by atoms with Crippen LogP contribution in [0.3, 0.4) is 0 Å². The molecule has 21 heavy (non-hydrogen) atoms. The van der Waals surface area contributed by atoms with Gasteiger partial charge >= 0.3 is 0 Å². The number of ether oxygens (including phenoxy) is 1. The van der Waals surface area contributed by atoms with Crippen LogP contribution in [0.2, 0.25) is 15.1 Å². The van der Waals surface area contributed by atoms with Crippen LogP contribution in [0, 0.1) is 0 Å². The van der Waals surface area contributed by atoms with Gasteiger partial charge in [-0.25, -0.2) is 4.98 Å². The van der Waals surface area contributed by atoms with Gasteiger partial charge in [0.05, 0.1) is 28.4 Å². The van der Waals surface area contributed by atoms with E-state index >= 15 is 0 Å². The third-order valence-electron chi connectivity index (χ3n) is 2.46. The molecule has 0 saturated heterocycles. The standard InChI is InChI=1S/C13H10Cl3N3O2/c1-21-11-3-7(2-9(15)12(11)20)5-18-19-13-10(16)4-8(14)6-17-13/h2-6,20H,1H3,(H,17,19)/b18-5+. The number of hydrogen-bond acceptors (Lipinski definition) is 5. The van der Waals surface area contributed by atoms with Crippen molar-refractivity contribution in [1.29, 1.82) is 0 Å². The fourth-order valence-corrected chi connectivity index (χ4v) is 2.13. The maximum atomic E-state index is 9.63. The molecule has 0 saturated carbocycles. The van der Waals surface area contributed by atoms with Gasteiger partial charge in [0.2, 0.25) is 0 Å². The number of pyridine rings is 1. The lowest BCUT2D eigenvalue weighted by Gasteiger charge is -2.06. The summed E-state index contributed by atoms with van der Waals surface area (Å²) in [4.78, 5) is 3.99. The molecule has 0 radical (unpaired) electrons. The third kappa shape index (κ3) is 3.91. The van der Waals surface area contributed by atoms with E-state index < -0.39 is 0 Å². The van der Waals surface area contributed by atoms with Crippen molar-refractivity contribution in [2.24, 2.45) is 5.10 Å². The number of phenols is 1. The molecule has 0 amide bonds. The number of anilines is 1. The van der Waals surface area contributed by atoms with E-state index in [1.807, 2.05) is 0 Å². The van der Waals surface area contributed by atoms with Crippen molar-refractivity contribution < 1.29 is 9.84 Å². The SMILES string of the molecule is COc1cc(/C=N/Nc2ncc(Cl)cc2Cl)cc(Cl)c1O. The lowest BCUT2D eigenvalue weighted by molar-refractivity contribution is 0.373. The zero-order valence-corrected chi connectivity index (χ0v) is 13.0. The number of hydrazone groups is 1. The molecule has 0 fully saturated rings. The number of nitrogens with one attached hydrogen (secondary N) is 1. The molecule has 0 aliphatic carbocycles. The third-order valence-corrected chi connectivity index (χ3v) is 3.25. The Kier molecular flexibility index (Phi) is 5.12. The number of aromatic nitrogens is 1. The molecular weight excluding hydrogens is 337 g/mol. The van der Waals surface area contributed by atoms with E-state index in [-0.39, 0.29) is 16.5 Å². The quantitative estimate of drug-likeness (QED) is 0.643. The van der Waals surface area contributed by atoms with Crippen LogP contribution >= 0.6 is 34.8 Å². The Morgan fingerprint density at radius 1 is 1.24 bits per heavy atom. The van der Waals surface area contributed by atoms with E-state index in [2.05, 4.69) is 15.5 Å². The Bertz CT molecular complexity index is 693. The average Bonchev–Trinajstić information content (AvgIpc) is 2.44. The van der Waals surface area contributed by atoms with Crippen molar-refractivity contribution >= 4 is 46.8 Å². The maximum Gasteiger partial charge on any atom is 0.176 e. The number of hydrogen-bond donors (Lipinski definition) is 2. The summed E-state index contributed by atoms with van der Waals surface area (Å²) >= 11 is 17.6. The second-order valence-electron chi connectivity index (χ2n) is 3.91. The highest BCUT2D eigenvalue weighted by atomic mass is 35.5. The smallest absolute Gasteiger partial charge is 0.176 e. The Labute approximate surface area is 136 Å². The molecule has 0 aliphatic heterocycles. The largest absolute Gasteiger partial charge is 0.503 e. The summed E-state index contributed by atoms with van der Waals surface area (Å²) in [5.41, 5.74) is 3.31. The van der Waals surface area contributed by atoms with Crippen LogP contribution in [-0.4, -0.2) is 23.4 Å². The highest BCUT2D eigenvalue weighted by Gasteiger charge is 2.08. The van der Waals surface area contributed by atoms with Gasteiger partial charge in [-0.1, -0.05) is 34.8 Å². The maximum absolute atomic E-state index is 9.63. The lowest BCUT2D eigenvalue weighted by Crippen LogP contribution is -1.95. The summed E-state index contributed by atoms with van der Waals surface area (Å²) in [5.74, 6) is 0.507. The molecular formula is C13H10Cl3N3O2. The molecule has 0 atom stereocenters. The first-order chi connectivity index (χ1) is 10.0. The second-order valence-corrected chi connectivity index (χ2v) is 5.16. The monoisotopic (exact) mass is 345 g/mol. The first kappa shape index (κ1) is 15.7. The van der Waals surface area contributed by atoms with E-state index in [1.54, 1.807) is 18.2 Å². The van der Waals surface area contributed by atoms with Crippen molar-refractivity contribution in [3.05, 3.63) is 45.0 Å². The van der Waals surface area contributed by atoms with E-state index in [1.165, 1.54) is 19.5 Å². The molecule has 0 aliphatic rings. The van der Waals surface area contributed by atoms with Crippen LogP contribution in [0.25, 0.3) is 0 Å². The molecule has 0 bridgehead atoms. The topological polar surface area (TPSA) is 66.7 Å². The minimum atomic E-state index is -0.119. The van der Waals surface area contributed by atoms with Gasteiger partial charge in [-0.15, -0.1) is 0 Å². The molecule has 0 unspecified atom stereocenters. The molecule has 110 valence electrons. The zero-order valence-electron chi connectivity index (χ0n) is 10.8. The van der Waals surface area contributed by atoms with E-state index in [9.17, 15) is 5.11 Å².